The molecule has 0 aliphatic rings. The largest absolute Gasteiger partial charge is 0.385 e. The minimum absolute atomic E-state index is 0.301. The molecule has 0 radical (unpaired) electrons. The SMILES string of the molecule is CCCNc1ccnc(Cn2cc(Br)c(=O)[nH]c2=O)c1. The van der Waals surface area contributed by atoms with Crippen molar-refractivity contribution >= 4 is 21.6 Å². The molecule has 2 aromatic heterocycles. The van der Waals surface area contributed by atoms with Gasteiger partial charge in [0.05, 0.1) is 16.7 Å². The fourth-order valence-electron chi connectivity index (χ4n) is 1.72. The topological polar surface area (TPSA) is 79.8 Å². The van der Waals surface area contributed by atoms with Gasteiger partial charge in [-0.15, -0.1) is 0 Å². The Bertz CT molecular complexity index is 708. The molecule has 0 saturated carbocycles. The van der Waals surface area contributed by atoms with Crippen molar-refractivity contribution < 1.29 is 0 Å². The molecule has 0 fully saturated rings. The summed E-state index contributed by atoms with van der Waals surface area (Å²) in [6.07, 6.45) is 4.19. The molecule has 7 heteroatoms. The molecule has 0 bridgehead atoms. The first-order chi connectivity index (χ1) is 9.60. The van der Waals surface area contributed by atoms with Crippen LogP contribution in [-0.4, -0.2) is 21.1 Å². The van der Waals surface area contributed by atoms with Gasteiger partial charge >= 0.3 is 5.69 Å². The van der Waals surface area contributed by atoms with Crippen LogP contribution >= 0.6 is 15.9 Å². The lowest BCUT2D eigenvalue weighted by atomic mass is 10.3. The molecule has 6 nitrogen and oxygen atoms in total. The average Bonchev–Trinajstić information content (AvgIpc) is 2.43. The third-order valence-corrected chi connectivity index (χ3v) is 3.26. The van der Waals surface area contributed by atoms with Gasteiger partial charge < -0.3 is 5.32 Å². The number of hydrogen-bond acceptors (Lipinski definition) is 4. The van der Waals surface area contributed by atoms with E-state index in [0.717, 1.165) is 24.3 Å². The first kappa shape index (κ1) is 14.5. The summed E-state index contributed by atoms with van der Waals surface area (Å²) in [5.41, 5.74) is 0.824. The molecule has 0 spiro atoms. The lowest BCUT2D eigenvalue weighted by Gasteiger charge is -2.08. The van der Waals surface area contributed by atoms with Crippen molar-refractivity contribution in [1.29, 1.82) is 0 Å². The Morgan fingerprint density at radius 3 is 3.00 bits per heavy atom. The van der Waals surface area contributed by atoms with Crippen LogP contribution in [0.25, 0.3) is 0 Å². The highest BCUT2D eigenvalue weighted by Crippen LogP contribution is 2.09. The molecule has 2 aromatic rings. The second-order valence-corrected chi connectivity index (χ2v) is 5.18. The van der Waals surface area contributed by atoms with Gasteiger partial charge in [-0.3, -0.25) is 19.3 Å². The Labute approximate surface area is 124 Å². The van der Waals surface area contributed by atoms with Crippen molar-refractivity contribution in [2.24, 2.45) is 0 Å². The average molecular weight is 339 g/mol. The number of pyridine rings is 1. The van der Waals surface area contributed by atoms with E-state index in [1.54, 1.807) is 6.20 Å². The first-order valence-corrected chi connectivity index (χ1v) is 7.07. The van der Waals surface area contributed by atoms with Crippen LogP contribution in [0.15, 0.2) is 38.6 Å². The molecule has 0 unspecified atom stereocenters. The van der Waals surface area contributed by atoms with Gasteiger partial charge in [-0.05, 0) is 34.5 Å². The van der Waals surface area contributed by atoms with Gasteiger partial charge in [-0.1, -0.05) is 6.92 Å². The molecule has 20 heavy (non-hydrogen) atoms. The van der Waals surface area contributed by atoms with Gasteiger partial charge in [0.1, 0.15) is 0 Å². The molecule has 2 rings (SSSR count). The summed E-state index contributed by atoms with van der Waals surface area (Å²) in [7, 11) is 0. The minimum atomic E-state index is -0.452. The standard InChI is InChI=1S/C13H15BrN4O2/c1-2-4-15-9-3-5-16-10(6-9)7-18-8-11(14)12(19)17-13(18)20/h3,5-6,8H,2,4,7H2,1H3,(H,15,16)(H,17,19,20). The van der Waals surface area contributed by atoms with Crippen LogP contribution in [-0.2, 0) is 6.54 Å². The van der Waals surface area contributed by atoms with Crippen molar-refractivity contribution in [3.63, 3.8) is 0 Å². The summed E-state index contributed by atoms with van der Waals surface area (Å²) in [4.78, 5) is 29.4. The Morgan fingerprint density at radius 2 is 2.25 bits per heavy atom. The molecule has 0 saturated heterocycles. The zero-order valence-corrected chi connectivity index (χ0v) is 12.6. The zero-order valence-electron chi connectivity index (χ0n) is 11.0. The number of anilines is 1. The van der Waals surface area contributed by atoms with E-state index in [1.165, 1.54) is 10.8 Å². The predicted octanol–water partition coefficient (Wildman–Crippen LogP) is 1.56. The van der Waals surface area contributed by atoms with Crippen molar-refractivity contribution in [3.05, 3.63) is 55.5 Å². The van der Waals surface area contributed by atoms with Crippen LogP contribution < -0.4 is 16.6 Å². The molecule has 2 N–H and O–H groups in total. The summed E-state index contributed by atoms with van der Waals surface area (Å²) >= 11 is 3.11. The van der Waals surface area contributed by atoms with Crippen molar-refractivity contribution in [3.8, 4) is 0 Å². The summed E-state index contributed by atoms with van der Waals surface area (Å²) in [5, 5.41) is 3.26. The highest BCUT2D eigenvalue weighted by molar-refractivity contribution is 9.10. The summed E-state index contributed by atoms with van der Waals surface area (Å²) < 4.78 is 1.72. The maximum atomic E-state index is 11.7. The van der Waals surface area contributed by atoms with Crippen LogP contribution in [0.2, 0.25) is 0 Å². The van der Waals surface area contributed by atoms with E-state index >= 15 is 0 Å². The molecule has 106 valence electrons. The lowest BCUT2D eigenvalue weighted by molar-refractivity contribution is 0.701. The van der Waals surface area contributed by atoms with Gasteiger partial charge in [0.2, 0.25) is 0 Å². The van der Waals surface area contributed by atoms with Crippen LogP contribution in [0.1, 0.15) is 19.0 Å². The number of H-pyrrole nitrogens is 1. The Kier molecular flexibility index (Phi) is 4.73. The maximum Gasteiger partial charge on any atom is 0.328 e. The highest BCUT2D eigenvalue weighted by atomic mass is 79.9. The number of hydrogen-bond donors (Lipinski definition) is 2. The second-order valence-electron chi connectivity index (χ2n) is 4.33. The molecular weight excluding hydrogens is 324 g/mol. The summed E-state index contributed by atoms with van der Waals surface area (Å²) in [5.74, 6) is 0. The molecule has 0 atom stereocenters. The molecule has 0 aliphatic carbocycles. The van der Waals surface area contributed by atoms with Crippen LogP contribution in [0.4, 0.5) is 5.69 Å². The fraction of sp³-hybridized carbons (Fsp3) is 0.308. The molecule has 0 amide bonds. The van der Waals surface area contributed by atoms with Gasteiger partial charge in [0, 0.05) is 24.6 Å². The van der Waals surface area contributed by atoms with Gasteiger partial charge in [-0.25, -0.2) is 4.79 Å². The van der Waals surface area contributed by atoms with Crippen LogP contribution in [0.3, 0.4) is 0 Å². The molecule has 2 heterocycles. The third-order valence-electron chi connectivity index (χ3n) is 2.70. The number of nitrogens with zero attached hydrogens (tertiary/aromatic N) is 2. The van der Waals surface area contributed by atoms with Crippen LogP contribution in [0.5, 0.6) is 0 Å². The number of rotatable bonds is 5. The van der Waals surface area contributed by atoms with Crippen molar-refractivity contribution in [2.45, 2.75) is 19.9 Å². The van der Waals surface area contributed by atoms with Crippen LogP contribution in [0, 0.1) is 0 Å². The summed E-state index contributed by atoms with van der Waals surface area (Å²) in [6.45, 7) is 3.27. The zero-order chi connectivity index (χ0) is 14.5. The van der Waals surface area contributed by atoms with Gasteiger partial charge in [0.15, 0.2) is 0 Å². The fourth-order valence-corrected chi connectivity index (χ4v) is 2.06. The number of aromatic amines is 1. The quantitative estimate of drug-likeness (QED) is 0.867. The smallest absolute Gasteiger partial charge is 0.328 e. The highest BCUT2D eigenvalue weighted by Gasteiger charge is 2.04. The third kappa shape index (κ3) is 3.57. The van der Waals surface area contributed by atoms with E-state index in [0.29, 0.717) is 11.0 Å². The van der Waals surface area contributed by atoms with E-state index in [-0.39, 0.29) is 0 Å². The van der Waals surface area contributed by atoms with Gasteiger partial charge in [-0.2, -0.15) is 0 Å². The second kappa shape index (κ2) is 6.51. The monoisotopic (exact) mass is 338 g/mol. The van der Waals surface area contributed by atoms with E-state index in [9.17, 15) is 9.59 Å². The van der Waals surface area contributed by atoms with E-state index in [2.05, 4.69) is 38.1 Å². The molecular formula is C13H15BrN4O2. The number of aromatic nitrogens is 3. The van der Waals surface area contributed by atoms with E-state index < -0.39 is 11.2 Å². The Hall–Kier alpha value is -1.89. The normalized spacial score (nSPS) is 10.5. The van der Waals surface area contributed by atoms with Gasteiger partial charge in [0.25, 0.3) is 5.56 Å². The lowest BCUT2D eigenvalue weighted by Crippen LogP contribution is -2.30. The molecule has 0 aromatic carbocycles. The predicted molar refractivity (Wildman–Crippen MR) is 81.1 cm³/mol. The van der Waals surface area contributed by atoms with Crippen molar-refractivity contribution in [1.82, 2.24) is 14.5 Å². The number of nitrogens with one attached hydrogen (secondary N) is 2. The Balaban J connectivity index is 2.24. The first-order valence-electron chi connectivity index (χ1n) is 6.28. The maximum absolute atomic E-state index is 11.7. The number of halogens is 1. The molecule has 0 aliphatic heterocycles. The summed E-state index contributed by atoms with van der Waals surface area (Å²) in [6, 6.07) is 3.77. The Morgan fingerprint density at radius 1 is 1.45 bits per heavy atom. The van der Waals surface area contributed by atoms with E-state index in [1.807, 2.05) is 12.1 Å². The van der Waals surface area contributed by atoms with Crippen molar-refractivity contribution in [2.75, 3.05) is 11.9 Å². The minimum Gasteiger partial charge on any atom is -0.385 e. The van der Waals surface area contributed by atoms with E-state index in [4.69, 9.17) is 0 Å².